The number of ether oxygens (including phenoxy) is 2. The lowest BCUT2D eigenvalue weighted by Crippen LogP contribution is -2.53. The first-order valence-corrected chi connectivity index (χ1v) is 17.6. The van der Waals surface area contributed by atoms with Crippen molar-refractivity contribution in [1.29, 1.82) is 0 Å². The van der Waals surface area contributed by atoms with Crippen molar-refractivity contribution in [3.05, 3.63) is 63.1 Å². The summed E-state index contributed by atoms with van der Waals surface area (Å²) in [5, 5.41) is 6.66. The molecule has 0 saturated carbocycles. The van der Waals surface area contributed by atoms with Crippen LogP contribution < -0.4 is 15.5 Å². The Labute approximate surface area is 278 Å². The van der Waals surface area contributed by atoms with E-state index in [1.165, 1.54) is 15.7 Å². The fourth-order valence-electron chi connectivity index (χ4n) is 6.86. The highest BCUT2D eigenvalue weighted by Gasteiger charge is 2.54. The Hall–Kier alpha value is -4.34. The predicted octanol–water partition coefficient (Wildman–Crippen LogP) is 2.89. The van der Waals surface area contributed by atoms with E-state index in [1.807, 2.05) is 13.8 Å². The zero-order valence-electron chi connectivity index (χ0n) is 26.8. The molecular formula is C31H36F2N5O10P. The van der Waals surface area contributed by atoms with Crippen LogP contribution in [-0.4, -0.2) is 91.5 Å². The van der Waals surface area contributed by atoms with Crippen molar-refractivity contribution >= 4 is 31.2 Å². The first kappa shape index (κ1) is 34.5. The Morgan fingerprint density at radius 3 is 2.65 bits per heavy atom. The lowest BCUT2D eigenvalue weighted by atomic mass is 9.84. The van der Waals surface area contributed by atoms with Gasteiger partial charge < -0.3 is 43.8 Å². The maximum absolute atomic E-state index is 14.3. The van der Waals surface area contributed by atoms with E-state index in [2.05, 4.69) is 10.5 Å². The standard InChI is InChI=1S/C31H36F2N5O10P/c1-17-12-31(48-35-17)8-5-18(2)37-15-24(31)38-14-22(28(40)34-13-19-3-4-20(32)11-23(19)33)26(39)27(25(38)29(37)41)46-16-47-30(42)36-9-6-21(36)7-10-49(43,44)45/h3-4,11,14,18,21,24H,5-10,12-13,15-16H2,1-2H3,(H,34,40)(H2,43,44,45)/t18-,21-,24+,31-/m0/s1. The molecule has 15 nitrogen and oxygen atoms in total. The number of halogens is 2. The molecule has 1 aromatic heterocycles. The normalized spacial score (nSPS) is 24.4. The van der Waals surface area contributed by atoms with Crippen molar-refractivity contribution in [2.45, 2.75) is 76.2 Å². The van der Waals surface area contributed by atoms with Crippen LogP contribution >= 0.6 is 7.60 Å². The minimum absolute atomic E-state index is 0.0317. The number of likely N-dealkylation sites (tertiary alicyclic amines) is 1. The van der Waals surface area contributed by atoms with Gasteiger partial charge in [0.2, 0.25) is 18.0 Å². The molecule has 49 heavy (non-hydrogen) atoms. The van der Waals surface area contributed by atoms with Crippen LogP contribution in [0.2, 0.25) is 0 Å². The van der Waals surface area contributed by atoms with Gasteiger partial charge in [0, 0.05) is 56.0 Å². The number of carbonyl (C=O) groups is 3. The number of pyridine rings is 1. The number of carbonyl (C=O) groups excluding carboxylic acids is 3. The van der Waals surface area contributed by atoms with Crippen LogP contribution in [0, 0.1) is 11.6 Å². The molecule has 3 amide bonds. The molecule has 18 heteroatoms. The molecule has 2 fully saturated rings. The molecule has 0 radical (unpaired) electrons. The molecule has 1 aromatic carbocycles. The minimum Gasteiger partial charge on any atom is -0.451 e. The molecule has 2 bridgehead atoms. The quantitative estimate of drug-likeness (QED) is 0.258. The largest absolute Gasteiger partial charge is 0.451 e. The first-order valence-electron chi connectivity index (χ1n) is 15.8. The van der Waals surface area contributed by atoms with Gasteiger partial charge in [0.25, 0.3) is 11.8 Å². The van der Waals surface area contributed by atoms with Crippen LogP contribution in [0.1, 0.15) is 78.4 Å². The average molecular weight is 708 g/mol. The predicted molar refractivity (Wildman–Crippen MR) is 167 cm³/mol. The number of amides is 3. The molecule has 264 valence electrons. The van der Waals surface area contributed by atoms with Crippen molar-refractivity contribution in [3.63, 3.8) is 0 Å². The van der Waals surface area contributed by atoms with Gasteiger partial charge in [-0.05, 0) is 45.6 Å². The Kier molecular flexibility index (Phi) is 9.28. The van der Waals surface area contributed by atoms with Crippen LogP contribution in [0.25, 0.3) is 0 Å². The van der Waals surface area contributed by atoms with Crippen LogP contribution in [0.15, 0.2) is 34.3 Å². The van der Waals surface area contributed by atoms with Crippen LogP contribution in [0.3, 0.4) is 0 Å². The second kappa shape index (κ2) is 13.2. The van der Waals surface area contributed by atoms with Gasteiger partial charge in [0.05, 0.1) is 17.9 Å². The third-order valence-electron chi connectivity index (χ3n) is 9.64. The Balaban J connectivity index is 1.32. The van der Waals surface area contributed by atoms with E-state index < -0.39 is 84.5 Å². The molecule has 4 aliphatic rings. The summed E-state index contributed by atoms with van der Waals surface area (Å²) in [7, 11) is -4.27. The van der Waals surface area contributed by atoms with Gasteiger partial charge in [-0.25, -0.2) is 13.6 Å². The number of rotatable bonds is 9. The topological polar surface area (TPSA) is 189 Å². The maximum atomic E-state index is 14.3. The van der Waals surface area contributed by atoms with E-state index in [1.54, 1.807) is 4.90 Å². The number of aromatic nitrogens is 1. The van der Waals surface area contributed by atoms with Gasteiger partial charge >= 0.3 is 13.7 Å². The van der Waals surface area contributed by atoms with Crippen molar-refractivity contribution in [3.8, 4) is 5.75 Å². The average Bonchev–Trinajstić information content (AvgIpc) is 3.34. The highest BCUT2D eigenvalue weighted by Crippen LogP contribution is 2.46. The van der Waals surface area contributed by atoms with E-state index in [-0.39, 0.29) is 43.4 Å². The van der Waals surface area contributed by atoms with E-state index >= 15 is 0 Å². The summed E-state index contributed by atoms with van der Waals surface area (Å²) in [5.74, 6) is -3.71. The fraction of sp³-hybridized carbons (Fsp3) is 0.516. The highest BCUT2D eigenvalue weighted by molar-refractivity contribution is 7.51. The summed E-state index contributed by atoms with van der Waals surface area (Å²) in [5.41, 5.74) is -1.83. The first-order chi connectivity index (χ1) is 23.2. The zero-order valence-corrected chi connectivity index (χ0v) is 27.7. The maximum Gasteiger partial charge on any atom is 0.412 e. The van der Waals surface area contributed by atoms with Gasteiger partial charge in [-0.3, -0.25) is 18.9 Å². The second-order valence-corrected chi connectivity index (χ2v) is 14.7. The number of hydrogen-bond acceptors (Lipinski definition) is 9. The second-order valence-electron chi connectivity index (χ2n) is 12.9. The minimum atomic E-state index is -4.27. The molecule has 0 aliphatic carbocycles. The van der Waals surface area contributed by atoms with Crippen molar-refractivity contribution in [2.75, 3.05) is 26.0 Å². The number of oxime groups is 1. The summed E-state index contributed by atoms with van der Waals surface area (Å²) < 4.78 is 51.5. The summed E-state index contributed by atoms with van der Waals surface area (Å²) in [6.45, 7) is 2.94. The van der Waals surface area contributed by atoms with Crippen molar-refractivity contribution in [1.82, 2.24) is 19.7 Å². The Morgan fingerprint density at radius 1 is 1.22 bits per heavy atom. The Bertz CT molecular complexity index is 1830. The van der Waals surface area contributed by atoms with Crippen LogP contribution in [0.4, 0.5) is 13.6 Å². The number of hydrogen-bond donors (Lipinski definition) is 3. The number of fused-ring (bicyclic) bond motifs is 5. The van der Waals surface area contributed by atoms with E-state index in [9.17, 15) is 42.3 Å². The number of nitrogens with zero attached hydrogens (tertiary/aromatic N) is 4. The van der Waals surface area contributed by atoms with E-state index in [4.69, 9.17) is 14.3 Å². The molecule has 5 heterocycles. The van der Waals surface area contributed by atoms with Gasteiger partial charge in [-0.1, -0.05) is 11.2 Å². The van der Waals surface area contributed by atoms with Gasteiger partial charge in [-0.15, -0.1) is 0 Å². The third kappa shape index (κ3) is 6.79. The summed E-state index contributed by atoms with van der Waals surface area (Å²) in [6.07, 6.45) is 2.06. The van der Waals surface area contributed by atoms with Crippen molar-refractivity contribution < 1.29 is 51.8 Å². The SMILES string of the molecule is CC1=NO[C@@]2(CC[C@H](C)N3C[C@H]2n2cc(C(=O)NCc4ccc(F)cc4F)c(=O)c(OCOC(=O)N4CC[C@H]4CCP(=O)(O)O)c2C3=O)C1. The van der Waals surface area contributed by atoms with E-state index in [0.29, 0.717) is 31.7 Å². The lowest BCUT2D eigenvalue weighted by molar-refractivity contribution is -0.0658. The fourth-order valence-corrected chi connectivity index (χ4v) is 7.50. The Morgan fingerprint density at radius 2 is 2.00 bits per heavy atom. The summed E-state index contributed by atoms with van der Waals surface area (Å²) in [6, 6.07) is 1.53. The van der Waals surface area contributed by atoms with Gasteiger partial charge in [0.1, 0.15) is 17.2 Å². The molecular weight excluding hydrogens is 671 g/mol. The zero-order chi connectivity index (χ0) is 35.2. The lowest BCUT2D eigenvalue weighted by Gasteiger charge is -2.42. The van der Waals surface area contributed by atoms with Gasteiger partial charge in [0.15, 0.2) is 11.3 Å². The highest BCUT2D eigenvalue weighted by atomic mass is 31.2. The van der Waals surface area contributed by atoms with Crippen LogP contribution in [-0.2, 0) is 20.7 Å². The van der Waals surface area contributed by atoms with Gasteiger partial charge in [-0.2, -0.15) is 0 Å². The molecule has 0 unspecified atom stereocenters. The third-order valence-corrected chi connectivity index (χ3v) is 10.5. The summed E-state index contributed by atoms with van der Waals surface area (Å²) >= 11 is 0. The monoisotopic (exact) mass is 707 g/mol. The molecule has 4 aliphatic heterocycles. The molecule has 3 N–H and O–H groups in total. The van der Waals surface area contributed by atoms with E-state index in [0.717, 1.165) is 17.8 Å². The number of benzene rings is 1. The van der Waals surface area contributed by atoms with Crippen molar-refractivity contribution in [2.24, 2.45) is 5.16 Å². The molecule has 6 rings (SSSR count). The smallest absolute Gasteiger partial charge is 0.412 e. The number of nitrogens with one attached hydrogen (secondary N) is 1. The molecule has 2 aromatic rings. The molecule has 4 atom stereocenters. The summed E-state index contributed by atoms with van der Waals surface area (Å²) in [4.78, 5) is 81.5. The molecule has 1 spiro atoms. The van der Waals surface area contributed by atoms with Crippen LogP contribution in [0.5, 0.6) is 5.75 Å². The molecule has 2 saturated heterocycles.